The number of nitrogens with zero attached hydrogens (tertiary/aromatic N) is 4. The predicted octanol–water partition coefficient (Wildman–Crippen LogP) is 5.10. The first-order chi connectivity index (χ1) is 13.8. The smallest absolute Gasteiger partial charge is 0.342 e. The highest BCUT2D eigenvalue weighted by atomic mass is 35.5. The fourth-order valence-corrected chi connectivity index (χ4v) is 4.21. The van der Waals surface area contributed by atoms with Crippen molar-refractivity contribution in [2.75, 3.05) is 13.1 Å². The lowest BCUT2D eigenvalue weighted by Gasteiger charge is -2.24. The molecular formula is C19H18ClF3N4OS. The summed E-state index contributed by atoms with van der Waals surface area (Å²) < 4.78 is 40.8. The van der Waals surface area contributed by atoms with E-state index in [2.05, 4.69) is 10.2 Å². The van der Waals surface area contributed by atoms with Crippen molar-refractivity contribution in [3.8, 4) is 0 Å². The Morgan fingerprint density at radius 1 is 1.21 bits per heavy atom. The van der Waals surface area contributed by atoms with E-state index in [-0.39, 0.29) is 21.7 Å². The lowest BCUT2D eigenvalue weighted by molar-refractivity contribution is -0.138. The Kier molecular flexibility index (Phi) is 6.38. The Morgan fingerprint density at radius 3 is 2.45 bits per heavy atom. The SMILES string of the molecule is CCN(CC)C(=O)[C@@H](Sc1nnc2c(Cl)cc(C(F)(F)F)cn12)c1ccccc1. The number of rotatable bonds is 6. The van der Waals surface area contributed by atoms with Crippen LogP contribution in [0.3, 0.4) is 0 Å². The zero-order valence-electron chi connectivity index (χ0n) is 15.7. The van der Waals surface area contributed by atoms with Gasteiger partial charge in [0.1, 0.15) is 5.25 Å². The van der Waals surface area contributed by atoms with Crippen molar-refractivity contribution in [1.82, 2.24) is 19.5 Å². The molecule has 0 saturated heterocycles. The number of pyridine rings is 1. The summed E-state index contributed by atoms with van der Waals surface area (Å²) in [7, 11) is 0. The summed E-state index contributed by atoms with van der Waals surface area (Å²) in [6.45, 7) is 4.78. The second-order valence-electron chi connectivity index (χ2n) is 6.17. The number of carbonyl (C=O) groups excluding carboxylic acids is 1. The summed E-state index contributed by atoms with van der Waals surface area (Å²) in [5, 5.41) is 7.20. The minimum Gasteiger partial charge on any atom is -0.342 e. The Hall–Kier alpha value is -2.26. The number of aromatic nitrogens is 3. The van der Waals surface area contributed by atoms with Gasteiger partial charge in [0.15, 0.2) is 10.8 Å². The first-order valence-corrected chi connectivity index (χ1v) is 10.1. The number of hydrogen-bond acceptors (Lipinski definition) is 4. The zero-order valence-corrected chi connectivity index (χ0v) is 17.2. The summed E-state index contributed by atoms with van der Waals surface area (Å²) in [5.74, 6) is -0.152. The van der Waals surface area contributed by atoms with Crippen LogP contribution in [0.5, 0.6) is 0 Å². The molecule has 0 radical (unpaired) electrons. The van der Waals surface area contributed by atoms with Crippen molar-refractivity contribution < 1.29 is 18.0 Å². The summed E-state index contributed by atoms with van der Waals surface area (Å²) >= 11 is 7.03. The topological polar surface area (TPSA) is 50.5 Å². The fraction of sp³-hybridized carbons (Fsp3) is 0.316. The first kappa shape index (κ1) is 21.4. The van der Waals surface area contributed by atoms with E-state index >= 15 is 0 Å². The number of amides is 1. The average molecular weight is 443 g/mol. The lowest BCUT2D eigenvalue weighted by atomic mass is 10.1. The minimum atomic E-state index is -4.57. The first-order valence-electron chi connectivity index (χ1n) is 8.88. The van der Waals surface area contributed by atoms with Crippen LogP contribution in [-0.2, 0) is 11.0 Å². The van der Waals surface area contributed by atoms with Gasteiger partial charge in [0, 0.05) is 19.3 Å². The molecule has 1 atom stereocenters. The maximum atomic E-state index is 13.2. The maximum absolute atomic E-state index is 13.2. The van der Waals surface area contributed by atoms with Gasteiger partial charge >= 0.3 is 6.18 Å². The van der Waals surface area contributed by atoms with E-state index in [1.807, 2.05) is 19.9 Å². The van der Waals surface area contributed by atoms with Gasteiger partial charge in [-0.05, 0) is 25.5 Å². The van der Waals surface area contributed by atoms with E-state index in [1.165, 1.54) is 4.40 Å². The number of halogens is 4. The van der Waals surface area contributed by atoms with Crippen LogP contribution in [0.4, 0.5) is 13.2 Å². The predicted molar refractivity (Wildman–Crippen MR) is 106 cm³/mol. The van der Waals surface area contributed by atoms with Gasteiger partial charge in [-0.2, -0.15) is 13.2 Å². The number of alkyl halides is 3. The highest BCUT2D eigenvalue weighted by Crippen LogP contribution is 2.38. The molecule has 0 spiro atoms. The van der Waals surface area contributed by atoms with Crippen LogP contribution in [-0.4, -0.2) is 38.5 Å². The molecule has 0 aliphatic rings. The Morgan fingerprint density at radius 2 is 1.86 bits per heavy atom. The van der Waals surface area contributed by atoms with Crippen molar-refractivity contribution >= 4 is 34.9 Å². The Balaban J connectivity index is 2.07. The van der Waals surface area contributed by atoms with Crippen LogP contribution >= 0.6 is 23.4 Å². The number of hydrogen-bond donors (Lipinski definition) is 0. The van der Waals surface area contributed by atoms with Crippen molar-refractivity contribution in [3.63, 3.8) is 0 Å². The standard InChI is InChI=1S/C19H18ClF3N4OS/c1-3-26(4-2)17(28)15(12-8-6-5-7-9-12)29-18-25-24-16-14(20)10-13(11-27(16)18)19(21,22)23/h5-11,15H,3-4H2,1-2H3/t15-/m0/s1. The molecule has 0 unspecified atom stereocenters. The molecule has 2 heterocycles. The monoisotopic (exact) mass is 442 g/mol. The van der Waals surface area contributed by atoms with Crippen LogP contribution < -0.4 is 0 Å². The molecule has 0 bridgehead atoms. The molecule has 3 aromatic rings. The van der Waals surface area contributed by atoms with Crippen LogP contribution in [0.1, 0.15) is 30.2 Å². The molecule has 0 fully saturated rings. The van der Waals surface area contributed by atoms with Crippen LogP contribution in [0.25, 0.3) is 5.65 Å². The van der Waals surface area contributed by atoms with Crippen molar-refractivity contribution in [2.45, 2.75) is 30.4 Å². The second-order valence-corrected chi connectivity index (χ2v) is 7.65. The molecule has 0 aliphatic carbocycles. The van der Waals surface area contributed by atoms with Crippen molar-refractivity contribution in [1.29, 1.82) is 0 Å². The molecule has 29 heavy (non-hydrogen) atoms. The van der Waals surface area contributed by atoms with Crippen molar-refractivity contribution in [2.24, 2.45) is 0 Å². The van der Waals surface area contributed by atoms with Gasteiger partial charge in [-0.1, -0.05) is 53.7 Å². The lowest BCUT2D eigenvalue weighted by Crippen LogP contribution is -2.33. The molecule has 0 aliphatic heterocycles. The third-order valence-corrected chi connectivity index (χ3v) is 5.86. The van der Waals surface area contributed by atoms with Gasteiger partial charge < -0.3 is 4.90 Å². The van der Waals surface area contributed by atoms with E-state index in [4.69, 9.17) is 11.6 Å². The molecule has 1 aromatic carbocycles. The van der Waals surface area contributed by atoms with Gasteiger partial charge in [0.05, 0.1) is 10.6 Å². The van der Waals surface area contributed by atoms with E-state index in [1.54, 1.807) is 29.2 Å². The quantitative estimate of drug-likeness (QED) is 0.498. The van der Waals surface area contributed by atoms with Crippen LogP contribution in [0.2, 0.25) is 5.02 Å². The van der Waals surface area contributed by atoms with E-state index < -0.39 is 17.0 Å². The average Bonchev–Trinajstić information content (AvgIpc) is 3.10. The highest BCUT2D eigenvalue weighted by molar-refractivity contribution is 8.00. The molecule has 154 valence electrons. The van der Waals surface area contributed by atoms with Gasteiger partial charge in [-0.3, -0.25) is 9.20 Å². The fourth-order valence-electron chi connectivity index (χ4n) is 2.86. The van der Waals surface area contributed by atoms with E-state index in [0.717, 1.165) is 29.6 Å². The van der Waals surface area contributed by atoms with Crippen molar-refractivity contribution in [3.05, 3.63) is 58.7 Å². The Labute approximate surface area is 174 Å². The molecule has 2 aromatic heterocycles. The number of likely N-dealkylation sites (N-methyl/N-ethyl adjacent to an activating group) is 1. The summed E-state index contributed by atoms with van der Waals surface area (Å²) in [5.41, 5.74) is -0.0866. The number of benzene rings is 1. The number of thioether (sulfide) groups is 1. The summed E-state index contributed by atoms with van der Waals surface area (Å²) in [6.07, 6.45) is -3.67. The highest BCUT2D eigenvalue weighted by Gasteiger charge is 2.33. The van der Waals surface area contributed by atoms with E-state index in [9.17, 15) is 18.0 Å². The molecule has 10 heteroatoms. The largest absolute Gasteiger partial charge is 0.417 e. The summed E-state index contributed by atoms with van der Waals surface area (Å²) in [6, 6.07) is 9.86. The van der Waals surface area contributed by atoms with Crippen LogP contribution in [0, 0.1) is 0 Å². The normalized spacial score (nSPS) is 12.9. The minimum absolute atomic E-state index is 0.101. The summed E-state index contributed by atoms with van der Waals surface area (Å²) in [4.78, 5) is 14.8. The van der Waals surface area contributed by atoms with Crippen LogP contribution in [0.15, 0.2) is 47.8 Å². The zero-order chi connectivity index (χ0) is 21.2. The third kappa shape index (κ3) is 4.51. The van der Waals surface area contributed by atoms with Gasteiger partial charge in [0.25, 0.3) is 0 Å². The molecule has 3 rings (SSSR count). The van der Waals surface area contributed by atoms with Gasteiger partial charge in [0.2, 0.25) is 5.91 Å². The second kappa shape index (κ2) is 8.62. The maximum Gasteiger partial charge on any atom is 0.417 e. The number of carbonyl (C=O) groups is 1. The molecular weight excluding hydrogens is 425 g/mol. The molecule has 0 N–H and O–H groups in total. The van der Waals surface area contributed by atoms with E-state index in [0.29, 0.717) is 13.1 Å². The number of fused-ring (bicyclic) bond motifs is 1. The van der Waals surface area contributed by atoms with Gasteiger partial charge in [-0.15, -0.1) is 10.2 Å². The Bertz CT molecular complexity index is 1010. The molecule has 0 saturated carbocycles. The molecule has 1 amide bonds. The van der Waals surface area contributed by atoms with Gasteiger partial charge in [-0.25, -0.2) is 0 Å². The molecule has 5 nitrogen and oxygen atoms in total. The third-order valence-electron chi connectivity index (χ3n) is 4.38.